The largest absolute Gasteiger partial charge is 0.496 e. The lowest BCUT2D eigenvalue weighted by molar-refractivity contribution is -0.122. The Hall–Kier alpha value is -3.97. The van der Waals surface area contributed by atoms with Crippen LogP contribution < -0.4 is 4.74 Å². The van der Waals surface area contributed by atoms with Crippen LogP contribution in [0.25, 0.3) is 16.8 Å². The monoisotopic (exact) mass is 486 g/mol. The van der Waals surface area contributed by atoms with E-state index in [1.165, 1.54) is 12.1 Å². The number of amides is 1. The van der Waals surface area contributed by atoms with Crippen molar-refractivity contribution in [2.24, 2.45) is 4.99 Å². The summed E-state index contributed by atoms with van der Waals surface area (Å²) in [5.74, 6) is -1.08. The summed E-state index contributed by atoms with van der Waals surface area (Å²) in [6, 6.07) is 24.4. The normalized spacial score (nSPS) is 16.0. The van der Waals surface area contributed by atoms with Crippen LogP contribution >= 0.6 is 11.8 Å². The topological polar surface area (TPSA) is 41.9 Å². The van der Waals surface area contributed by atoms with Gasteiger partial charge in [0.05, 0.1) is 24.2 Å². The number of benzene rings is 4. The molecule has 35 heavy (non-hydrogen) atoms. The van der Waals surface area contributed by atoms with E-state index < -0.39 is 11.6 Å². The quantitative estimate of drug-likeness (QED) is 0.287. The maximum atomic E-state index is 14.3. The van der Waals surface area contributed by atoms with Crippen molar-refractivity contribution in [1.29, 1.82) is 0 Å². The molecule has 0 atom stereocenters. The second kappa shape index (κ2) is 9.72. The molecule has 174 valence electrons. The fraction of sp³-hybridized carbons (Fsp3) is 0.0714. The van der Waals surface area contributed by atoms with Crippen LogP contribution in [0.5, 0.6) is 5.75 Å². The number of amidine groups is 1. The first-order chi connectivity index (χ1) is 17.0. The number of ether oxygens (including phenoxy) is 1. The fourth-order valence-electron chi connectivity index (χ4n) is 3.90. The first-order valence-corrected chi connectivity index (χ1v) is 11.7. The molecular formula is C28H20F2N2O2S. The van der Waals surface area contributed by atoms with Crippen molar-refractivity contribution in [1.82, 2.24) is 4.90 Å². The van der Waals surface area contributed by atoms with E-state index in [2.05, 4.69) is 0 Å². The summed E-state index contributed by atoms with van der Waals surface area (Å²) in [5.41, 5.74) is 1.66. The standard InChI is InChI=1S/C28H20F2N2O2S/c1-34-25-12-5-3-8-20(25)17-32-27(33)26(15-19-13-14-21(29)16-23(19)30)35-28(32)31-24-11-6-9-18-7-2-4-10-22(18)24/h2-16H,17H2,1H3/b26-15-,31-28?. The number of thioether (sulfide) groups is 1. The Bertz CT molecular complexity index is 1490. The number of halogens is 2. The highest BCUT2D eigenvalue weighted by atomic mass is 32.2. The highest BCUT2D eigenvalue weighted by Gasteiger charge is 2.34. The summed E-state index contributed by atoms with van der Waals surface area (Å²) in [5, 5.41) is 2.45. The molecule has 1 fully saturated rings. The molecule has 0 aromatic heterocycles. The smallest absolute Gasteiger partial charge is 0.267 e. The van der Waals surface area contributed by atoms with Crippen molar-refractivity contribution in [3.8, 4) is 5.75 Å². The summed E-state index contributed by atoms with van der Waals surface area (Å²) in [6.45, 7) is 0.225. The minimum absolute atomic E-state index is 0.130. The predicted octanol–water partition coefficient (Wildman–Crippen LogP) is 6.93. The average molecular weight is 487 g/mol. The zero-order valence-corrected chi connectivity index (χ0v) is 19.6. The molecule has 1 saturated heterocycles. The van der Waals surface area contributed by atoms with Gasteiger partial charge in [-0.1, -0.05) is 54.6 Å². The number of hydrogen-bond donors (Lipinski definition) is 0. The maximum absolute atomic E-state index is 14.3. The number of carbonyl (C=O) groups excluding carboxylic acids is 1. The predicted molar refractivity (Wildman–Crippen MR) is 137 cm³/mol. The van der Waals surface area contributed by atoms with Crippen molar-refractivity contribution < 1.29 is 18.3 Å². The maximum Gasteiger partial charge on any atom is 0.267 e. The average Bonchev–Trinajstić information content (AvgIpc) is 3.15. The molecule has 0 saturated carbocycles. The molecule has 0 unspecified atom stereocenters. The van der Waals surface area contributed by atoms with Gasteiger partial charge in [-0.2, -0.15) is 0 Å². The lowest BCUT2D eigenvalue weighted by Gasteiger charge is -2.17. The molecule has 1 aliphatic rings. The Kier molecular flexibility index (Phi) is 6.33. The molecule has 0 bridgehead atoms. The lowest BCUT2D eigenvalue weighted by Crippen LogP contribution is -2.28. The van der Waals surface area contributed by atoms with Crippen LogP contribution in [0, 0.1) is 11.6 Å². The van der Waals surface area contributed by atoms with E-state index in [-0.39, 0.29) is 18.0 Å². The van der Waals surface area contributed by atoms with Crippen molar-refractivity contribution >= 4 is 45.4 Å². The van der Waals surface area contributed by atoms with Gasteiger partial charge in [-0.25, -0.2) is 13.8 Å². The summed E-state index contributed by atoms with van der Waals surface area (Å²) in [6.07, 6.45) is 1.43. The molecule has 1 aliphatic heterocycles. The molecule has 0 spiro atoms. The molecule has 0 N–H and O–H groups in total. The van der Waals surface area contributed by atoms with Crippen molar-refractivity contribution in [3.05, 3.63) is 113 Å². The van der Waals surface area contributed by atoms with E-state index in [0.717, 1.165) is 45.9 Å². The zero-order chi connectivity index (χ0) is 24.4. The Balaban J connectivity index is 1.60. The third-order valence-electron chi connectivity index (χ3n) is 5.64. The van der Waals surface area contributed by atoms with E-state index in [0.29, 0.717) is 15.8 Å². The Morgan fingerprint density at radius 2 is 1.74 bits per heavy atom. The van der Waals surface area contributed by atoms with Crippen LogP contribution in [-0.4, -0.2) is 23.1 Å². The van der Waals surface area contributed by atoms with Crippen LogP contribution in [-0.2, 0) is 11.3 Å². The van der Waals surface area contributed by atoms with Gasteiger partial charge in [0.25, 0.3) is 5.91 Å². The second-order valence-electron chi connectivity index (χ2n) is 7.87. The minimum atomic E-state index is -0.735. The number of methoxy groups -OCH3 is 1. The number of rotatable bonds is 5. The van der Waals surface area contributed by atoms with E-state index >= 15 is 0 Å². The molecule has 0 radical (unpaired) electrons. The molecule has 4 aromatic carbocycles. The van der Waals surface area contributed by atoms with Crippen molar-refractivity contribution in [2.75, 3.05) is 7.11 Å². The molecule has 1 amide bonds. The molecule has 1 heterocycles. The van der Waals surface area contributed by atoms with Gasteiger partial charge in [-0.05, 0) is 47.5 Å². The number of hydrogen-bond acceptors (Lipinski definition) is 4. The highest BCUT2D eigenvalue weighted by molar-refractivity contribution is 8.18. The van der Waals surface area contributed by atoms with Gasteiger partial charge in [0.1, 0.15) is 17.4 Å². The Morgan fingerprint density at radius 1 is 0.971 bits per heavy atom. The van der Waals surface area contributed by atoms with E-state index in [4.69, 9.17) is 9.73 Å². The number of nitrogens with zero attached hydrogens (tertiary/aromatic N) is 2. The van der Waals surface area contributed by atoms with Crippen molar-refractivity contribution in [2.45, 2.75) is 6.54 Å². The van der Waals surface area contributed by atoms with Gasteiger partial charge in [0.2, 0.25) is 0 Å². The Morgan fingerprint density at radius 3 is 2.57 bits per heavy atom. The minimum Gasteiger partial charge on any atom is -0.496 e. The first kappa shape index (κ1) is 22.8. The van der Waals surface area contributed by atoms with Crippen LogP contribution in [0.4, 0.5) is 14.5 Å². The first-order valence-electron chi connectivity index (χ1n) is 10.9. The zero-order valence-electron chi connectivity index (χ0n) is 18.7. The summed E-state index contributed by atoms with van der Waals surface area (Å²) >= 11 is 1.16. The molecule has 4 aromatic rings. The highest BCUT2D eigenvalue weighted by Crippen LogP contribution is 2.37. The van der Waals surface area contributed by atoms with E-state index in [1.807, 2.05) is 66.7 Å². The third kappa shape index (κ3) is 4.68. The molecule has 4 nitrogen and oxygen atoms in total. The van der Waals surface area contributed by atoms with E-state index in [9.17, 15) is 13.6 Å². The van der Waals surface area contributed by atoms with Gasteiger partial charge in [-0.3, -0.25) is 9.69 Å². The van der Waals surface area contributed by atoms with Gasteiger partial charge in [0.15, 0.2) is 5.17 Å². The SMILES string of the molecule is COc1ccccc1CN1C(=O)/C(=C/c2ccc(F)cc2F)SC1=Nc1cccc2ccccc12. The summed E-state index contributed by atoms with van der Waals surface area (Å²) < 4.78 is 33.2. The number of para-hydroxylation sites is 1. The summed E-state index contributed by atoms with van der Waals surface area (Å²) in [4.78, 5) is 20.2. The fourth-order valence-corrected chi connectivity index (χ4v) is 4.89. The van der Waals surface area contributed by atoms with Crippen molar-refractivity contribution in [3.63, 3.8) is 0 Å². The third-order valence-corrected chi connectivity index (χ3v) is 6.65. The van der Waals surface area contributed by atoms with E-state index in [1.54, 1.807) is 12.0 Å². The second-order valence-corrected chi connectivity index (χ2v) is 8.88. The van der Waals surface area contributed by atoms with Gasteiger partial charge in [0, 0.05) is 22.6 Å². The molecular weight excluding hydrogens is 466 g/mol. The molecule has 5 rings (SSSR count). The van der Waals surface area contributed by atoms with Crippen LogP contribution in [0.1, 0.15) is 11.1 Å². The number of fused-ring (bicyclic) bond motifs is 1. The number of carbonyl (C=O) groups is 1. The Labute approximate surface area is 205 Å². The van der Waals surface area contributed by atoms with Crippen LogP contribution in [0.15, 0.2) is 94.8 Å². The van der Waals surface area contributed by atoms with Gasteiger partial charge in [-0.15, -0.1) is 0 Å². The number of aliphatic imine (C=N–C) groups is 1. The molecule has 0 aliphatic carbocycles. The van der Waals surface area contributed by atoms with Gasteiger partial charge >= 0.3 is 0 Å². The van der Waals surface area contributed by atoms with Crippen LogP contribution in [0.2, 0.25) is 0 Å². The van der Waals surface area contributed by atoms with Gasteiger partial charge < -0.3 is 4.74 Å². The lowest BCUT2D eigenvalue weighted by atomic mass is 10.1. The summed E-state index contributed by atoms with van der Waals surface area (Å²) in [7, 11) is 1.58. The molecule has 7 heteroatoms. The van der Waals surface area contributed by atoms with Crippen LogP contribution in [0.3, 0.4) is 0 Å².